The summed E-state index contributed by atoms with van der Waals surface area (Å²) in [6.45, 7) is 0.125. The van der Waals surface area contributed by atoms with Crippen molar-refractivity contribution in [2.45, 2.75) is 24.4 Å². The minimum absolute atomic E-state index is 0.125. The highest BCUT2D eigenvalue weighted by atomic mass is 16.6. The minimum atomic E-state index is -1.22. The lowest BCUT2D eigenvalue weighted by Gasteiger charge is -2.07. The van der Waals surface area contributed by atoms with Gasteiger partial charge in [-0.05, 0) is 0 Å². The van der Waals surface area contributed by atoms with Crippen molar-refractivity contribution < 1.29 is 24.5 Å². The number of esters is 1. The van der Waals surface area contributed by atoms with Crippen LogP contribution in [0.5, 0.6) is 0 Å². The van der Waals surface area contributed by atoms with E-state index in [1.165, 1.54) is 0 Å². The average molecular weight is 160 g/mol. The average Bonchev–Trinajstić information content (AvgIpc) is 2.43. The van der Waals surface area contributed by atoms with Crippen LogP contribution in [0, 0.1) is 0 Å². The van der Waals surface area contributed by atoms with Crippen LogP contribution in [0.4, 0.5) is 0 Å². The molecule has 2 aliphatic rings. The van der Waals surface area contributed by atoms with Gasteiger partial charge in [0.05, 0.1) is 6.61 Å². The summed E-state index contributed by atoms with van der Waals surface area (Å²) >= 11 is 0. The van der Waals surface area contributed by atoms with E-state index in [4.69, 9.17) is 14.9 Å². The van der Waals surface area contributed by atoms with E-state index in [1.54, 1.807) is 0 Å². The molecule has 2 aliphatic heterocycles. The number of aliphatic hydroxyl groups excluding tert-OH is 2. The lowest BCUT2D eigenvalue weighted by atomic mass is 10.1. The van der Waals surface area contributed by atoms with Crippen molar-refractivity contribution in [3.05, 3.63) is 0 Å². The zero-order chi connectivity index (χ0) is 8.01. The number of rotatable bonds is 0. The molecular formula is C6H8O5. The molecule has 0 aromatic heterocycles. The molecule has 5 heteroatoms. The monoisotopic (exact) mass is 160 g/mol. The zero-order valence-corrected chi connectivity index (χ0v) is 5.64. The smallest absolute Gasteiger partial charge is 0.338 e. The first kappa shape index (κ1) is 7.02. The highest BCUT2D eigenvalue weighted by Gasteiger charge is 2.52. The van der Waals surface area contributed by atoms with Crippen LogP contribution >= 0.6 is 0 Å². The third-order valence-corrected chi connectivity index (χ3v) is 1.97. The first-order valence-corrected chi connectivity index (χ1v) is 3.38. The third-order valence-electron chi connectivity index (χ3n) is 1.97. The van der Waals surface area contributed by atoms with Gasteiger partial charge >= 0.3 is 5.97 Å². The lowest BCUT2D eigenvalue weighted by molar-refractivity contribution is -0.151. The molecule has 2 rings (SSSR count). The summed E-state index contributed by atoms with van der Waals surface area (Å²) in [6.07, 6.45) is -3.35. The van der Waals surface area contributed by atoms with E-state index < -0.39 is 30.4 Å². The van der Waals surface area contributed by atoms with E-state index in [1.807, 2.05) is 0 Å². The van der Waals surface area contributed by atoms with Gasteiger partial charge in [-0.25, -0.2) is 4.79 Å². The van der Waals surface area contributed by atoms with Crippen LogP contribution in [-0.4, -0.2) is 47.2 Å². The van der Waals surface area contributed by atoms with Gasteiger partial charge in [0.2, 0.25) is 0 Å². The summed E-state index contributed by atoms with van der Waals surface area (Å²) < 4.78 is 9.57. The Labute approximate surface area is 62.5 Å². The van der Waals surface area contributed by atoms with Crippen LogP contribution in [0.1, 0.15) is 0 Å². The second-order valence-corrected chi connectivity index (χ2v) is 2.71. The molecule has 62 valence electrons. The second-order valence-electron chi connectivity index (χ2n) is 2.71. The van der Waals surface area contributed by atoms with Crippen molar-refractivity contribution in [1.29, 1.82) is 0 Å². The number of carbonyl (C=O) groups is 1. The fraction of sp³-hybridized carbons (Fsp3) is 0.833. The first-order chi connectivity index (χ1) is 5.20. The maximum Gasteiger partial charge on any atom is 0.338 e. The number of carbonyl (C=O) groups excluding carboxylic acids is 1. The molecule has 2 saturated heterocycles. The Morgan fingerprint density at radius 2 is 2.09 bits per heavy atom. The Balaban J connectivity index is 2.18. The van der Waals surface area contributed by atoms with Crippen LogP contribution in [0.15, 0.2) is 0 Å². The van der Waals surface area contributed by atoms with Gasteiger partial charge in [0, 0.05) is 0 Å². The molecule has 4 atom stereocenters. The molecular weight excluding hydrogens is 152 g/mol. The minimum Gasteiger partial charge on any atom is -0.455 e. The van der Waals surface area contributed by atoms with Crippen LogP contribution < -0.4 is 0 Å². The summed E-state index contributed by atoms with van der Waals surface area (Å²) in [7, 11) is 0. The normalized spacial score (nSPS) is 49.1. The number of hydrogen-bond donors (Lipinski definition) is 2. The maximum absolute atomic E-state index is 10.7. The van der Waals surface area contributed by atoms with Gasteiger partial charge in [-0.3, -0.25) is 0 Å². The molecule has 11 heavy (non-hydrogen) atoms. The standard InChI is InChI=1S/C6H8O5/c7-2-1-10-5-3(8)6(9)11-4(2)5/h2-5,7-8H,1H2/t2-,3+,4-,5-/m0/s1. The fourth-order valence-corrected chi connectivity index (χ4v) is 1.37. The van der Waals surface area contributed by atoms with Gasteiger partial charge < -0.3 is 19.7 Å². The van der Waals surface area contributed by atoms with Crippen molar-refractivity contribution >= 4 is 5.97 Å². The molecule has 5 nitrogen and oxygen atoms in total. The summed E-state index contributed by atoms with van der Waals surface area (Å²) in [5.74, 6) is -0.709. The number of fused-ring (bicyclic) bond motifs is 1. The van der Waals surface area contributed by atoms with Gasteiger partial charge in [0.15, 0.2) is 12.2 Å². The largest absolute Gasteiger partial charge is 0.455 e. The van der Waals surface area contributed by atoms with E-state index in [0.29, 0.717) is 0 Å². The molecule has 0 spiro atoms. The molecule has 0 bridgehead atoms. The van der Waals surface area contributed by atoms with Crippen molar-refractivity contribution in [3.8, 4) is 0 Å². The lowest BCUT2D eigenvalue weighted by Crippen LogP contribution is -2.31. The van der Waals surface area contributed by atoms with Gasteiger partial charge in [-0.15, -0.1) is 0 Å². The molecule has 0 saturated carbocycles. The Hall–Kier alpha value is -0.650. The quantitative estimate of drug-likeness (QED) is 0.402. The highest BCUT2D eigenvalue weighted by Crippen LogP contribution is 2.27. The predicted molar refractivity (Wildman–Crippen MR) is 31.6 cm³/mol. The number of aliphatic hydroxyl groups is 2. The number of hydrogen-bond acceptors (Lipinski definition) is 5. The Morgan fingerprint density at radius 1 is 1.36 bits per heavy atom. The van der Waals surface area contributed by atoms with Crippen molar-refractivity contribution in [2.75, 3.05) is 6.61 Å². The maximum atomic E-state index is 10.7. The molecule has 0 unspecified atom stereocenters. The van der Waals surface area contributed by atoms with Gasteiger partial charge in [-0.1, -0.05) is 0 Å². The fourth-order valence-electron chi connectivity index (χ4n) is 1.37. The summed E-state index contributed by atoms with van der Waals surface area (Å²) in [5.41, 5.74) is 0. The molecule has 0 aromatic carbocycles. The van der Waals surface area contributed by atoms with Crippen molar-refractivity contribution in [1.82, 2.24) is 0 Å². The zero-order valence-electron chi connectivity index (χ0n) is 5.64. The SMILES string of the molecule is O=C1O[C@@H]2[C@@H](OC[C@@H]2O)[C@H]1O. The summed E-state index contributed by atoms with van der Waals surface area (Å²) in [5, 5.41) is 18.2. The third kappa shape index (κ3) is 0.852. The number of ether oxygens (including phenoxy) is 2. The van der Waals surface area contributed by atoms with E-state index in [0.717, 1.165) is 0 Å². The van der Waals surface area contributed by atoms with Gasteiger partial charge in [0.25, 0.3) is 0 Å². The molecule has 2 N–H and O–H groups in total. The summed E-state index contributed by atoms with van der Waals surface area (Å²) in [4.78, 5) is 10.7. The molecule has 0 amide bonds. The second kappa shape index (κ2) is 2.17. The van der Waals surface area contributed by atoms with Gasteiger partial charge in [-0.2, -0.15) is 0 Å². The first-order valence-electron chi connectivity index (χ1n) is 3.38. The van der Waals surface area contributed by atoms with Crippen LogP contribution in [0.2, 0.25) is 0 Å². The summed E-state index contributed by atoms with van der Waals surface area (Å²) in [6, 6.07) is 0. The van der Waals surface area contributed by atoms with Crippen LogP contribution in [0.25, 0.3) is 0 Å². The Kier molecular flexibility index (Phi) is 1.38. The predicted octanol–water partition coefficient (Wildman–Crippen LogP) is -1.97. The van der Waals surface area contributed by atoms with Crippen molar-refractivity contribution in [3.63, 3.8) is 0 Å². The molecule has 0 aliphatic carbocycles. The van der Waals surface area contributed by atoms with E-state index in [2.05, 4.69) is 4.74 Å². The topological polar surface area (TPSA) is 76.0 Å². The highest BCUT2D eigenvalue weighted by molar-refractivity contribution is 5.78. The van der Waals surface area contributed by atoms with E-state index >= 15 is 0 Å². The Morgan fingerprint density at radius 3 is 2.73 bits per heavy atom. The van der Waals surface area contributed by atoms with Crippen molar-refractivity contribution in [2.24, 2.45) is 0 Å². The van der Waals surface area contributed by atoms with Gasteiger partial charge in [0.1, 0.15) is 12.2 Å². The van der Waals surface area contributed by atoms with E-state index in [9.17, 15) is 4.79 Å². The van der Waals surface area contributed by atoms with Crippen LogP contribution in [-0.2, 0) is 14.3 Å². The Bertz CT molecular complexity index is 191. The molecule has 2 heterocycles. The molecule has 2 fully saturated rings. The molecule has 0 aromatic rings. The van der Waals surface area contributed by atoms with Crippen LogP contribution in [0.3, 0.4) is 0 Å². The molecule has 0 radical (unpaired) electrons. The van der Waals surface area contributed by atoms with E-state index in [-0.39, 0.29) is 6.61 Å².